The molecule has 10 nitrogen and oxygen atoms in total. The molecule has 0 aliphatic heterocycles. The van der Waals surface area contributed by atoms with Crippen LogP contribution >= 0.6 is 12.2 Å². The van der Waals surface area contributed by atoms with Crippen molar-refractivity contribution in [1.29, 1.82) is 0 Å². The van der Waals surface area contributed by atoms with Crippen LogP contribution in [0.2, 0.25) is 0 Å². The lowest BCUT2D eigenvalue weighted by molar-refractivity contribution is -0.123. The number of amides is 2. The molecule has 0 bridgehead atoms. The highest BCUT2D eigenvalue weighted by Gasteiger charge is 2.14. The van der Waals surface area contributed by atoms with Crippen LogP contribution in [0.4, 0.5) is 0 Å². The standard InChI is InChI=1S/C23H27N3O7S/c1-3-30-13-14-32-19-8-6-5-7-18(19)21(28)24-23(34)26-25-20(27)15-33-17-11-9-16(10-12-17)22(29)31-4-2/h5-12H,3-4,13-15H2,1-2H3,(H,25,27)(H2,24,26,28,34). The molecule has 0 aliphatic carbocycles. The Bertz CT molecular complexity index is 983. The summed E-state index contributed by atoms with van der Waals surface area (Å²) in [4.78, 5) is 36.1. The molecule has 0 unspecified atom stereocenters. The molecule has 0 heterocycles. The topological polar surface area (TPSA) is 124 Å². The Morgan fingerprint density at radius 1 is 0.882 bits per heavy atom. The Labute approximate surface area is 202 Å². The first-order valence-electron chi connectivity index (χ1n) is 10.5. The summed E-state index contributed by atoms with van der Waals surface area (Å²) in [5, 5.41) is 2.36. The van der Waals surface area contributed by atoms with Gasteiger partial charge in [0.2, 0.25) is 0 Å². The molecule has 0 saturated carbocycles. The van der Waals surface area contributed by atoms with Crippen LogP contribution < -0.4 is 25.6 Å². The number of rotatable bonds is 11. The van der Waals surface area contributed by atoms with Crippen molar-refractivity contribution in [3.05, 3.63) is 59.7 Å². The lowest BCUT2D eigenvalue weighted by Gasteiger charge is -2.13. The van der Waals surface area contributed by atoms with E-state index in [0.717, 1.165) is 0 Å². The maximum absolute atomic E-state index is 12.5. The largest absolute Gasteiger partial charge is 0.490 e. The summed E-state index contributed by atoms with van der Waals surface area (Å²) in [5.41, 5.74) is 5.42. The van der Waals surface area contributed by atoms with Crippen molar-refractivity contribution in [3.63, 3.8) is 0 Å². The molecule has 2 aromatic rings. The molecule has 0 saturated heterocycles. The number of carbonyl (C=O) groups is 3. The van der Waals surface area contributed by atoms with Gasteiger partial charge in [0.25, 0.3) is 11.8 Å². The Morgan fingerprint density at radius 2 is 1.62 bits per heavy atom. The normalized spacial score (nSPS) is 10.1. The molecule has 182 valence electrons. The summed E-state index contributed by atoms with van der Waals surface area (Å²) >= 11 is 5.05. The number of benzene rings is 2. The third-order valence-electron chi connectivity index (χ3n) is 4.10. The number of esters is 1. The third-order valence-corrected chi connectivity index (χ3v) is 4.30. The lowest BCUT2D eigenvalue weighted by atomic mass is 10.2. The number of carbonyl (C=O) groups excluding carboxylic acids is 3. The van der Waals surface area contributed by atoms with Gasteiger partial charge in [0.05, 0.1) is 24.3 Å². The first kappa shape index (κ1) is 26.6. The van der Waals surface area contributed by atoms with Gasteiger partial charge in [0.15, 0.2) is 11.7 Å². The van der Waals surface area contributed by atoms with E-state index >= 15 is 0 Å². The van der Waals surface area contributed by atoms with Gasteiger partial charge in [-0.3, -0.25) is 25.8 Å². The minimum atomic E-state index is -0.536. The molecule has 2 rings (SSSR count). The Balaban J connectivity index is 1.76. The van der Waals surface area contributed by atoms with Gasteiger partial charge in [-0.05, 0) is 62.5 Å². The zero-order valence-corrected chi connectivity index (χ0v) is 19.7. The summed E-state index contributed by atoms with van der Waals surface area (Å²) in [5.74, 6) is -0.706. The second-order valence-electron chi connectivity index (χ2n) is 6.53. The zero-order valence-electron chi connectivity index (χ0n) is 18.9. The number of hydrogen-bond donors (Lipinski definition) is 3. The quantitative estimate of drug-likeness (QED) is 0.188. The van der Waals surface area contributed by atoms with E-state index in [-0.39, 0.29) is 23.9 Å². The second kappa shape index (κ2) is 14.4. The van der Waals surface area contributed by atoms with E-state index in [2.05, 4.69) is 16.2 Å². The van der Waals surface area contributed by atoms with Gasteiger partial charge in [0, 0.05) is 6.61 Å². The monoisotopic (exact) mass is 489 g/mol. The fraction of sp³-hybridized carbons (Fsp3) is 0.304. The van der Waals surface area contributed by atoms with Crippen molar-refractivity contribution in [2.75, 3.05) is 33.0 Å². The summed E-state index contributed by atoms with van der Waals surface area (Å²) in [6, 6.07) is 12.9. The minimum Gasteiger partial charge on any atom is -0.490 e. The van der Waals surface area contributed by atoms with Gasteiger partial charge in [0.1, 0.15) is 18.1 Å². The Kier molecular flexibility index (Phi) is 11.3. The Morgan fingerprint density at radius 3 is 2.32 bits per heavy atom. The SMILES string of the molecule is CCOCCOc1ccccc1C(=O)NC(=S)NNC(=O)COc1ccc(C(=O)OCC)cc1. The van der Waals surface area contributed by atoms with E-state index < -0.39 is 17.8 Å². The van der Waals surface area contributed by atoms with E-state index in [9.17, 15) is 14.4 Å². The fourth-order valence-electron chi connectivity index (χ4n) is 2.55. The molecule has 2 amide bonds. The van der Waals surface area contributed by atoms with Gasteiger partial charge >= 0.3 is 5.97 Å². The number of thiocarbonyl (C=S) groups is 1. The first-order chi connectivity index (χ1) is 16.4. The number of nitrogens with one attached hydrogen (secondary N) is 3. The molecule has 0 fully saturated rings. The number of hydrazine groups is 1. The van der Waals surface area contributed by atoms with E-state index in [1.165, 1.54) is 12.1 Å². The van der Waals surface area contributed by atoms with Crippen LogP contribution in [0.5, 0.6) is 11.5 Å². The molecule has 0 aromatic heterocycles. The van der Waals surface area contributed by atoms with E-state index in [0.29, 0.717) is 36.9 Å². The number of ether oxygens (including phenoxy) is 4. The molecule has 0 spiro atoms. The average Bonchev–Trinajstić information content (AvgIpc) is 2.84. The summed E-state index contributed by atoms with van der Waals surface area (Å²) < 4.78 is 21.1. The smallest absolute Gasteiger partial charge is 0.338 e. The first-order valence-corrected chi connectivity index (χ1v) is 10.9. The highest BCUT2D eigenvalue weighted by molar-refractivity contribution is 7.80. The van der Waals surface area contributed by atoms with Crippen molar-refractivity contribution in [1.82, 2.24) is 16.2 Å². The molecule has 11 heteroatoms. The van der Waals surface area contributed by atoms with Crippen LogP contribution in [0.3, 0.4) is 0 Å². The van der Waals surface area contributed by atoms with Crippen molar-refractivity contribution in [3.8, 4) is 11.5 Å². The van der Waals surface area contributed by atoms with Gasteiger partial charge in [-0.2, -0.15) is 0 Å². The van der Waals surface area contributed by atoms with Crippen molar-refractivity contribution >= 4 is 35.1 Å². The van der Waals surface area contributed by atoms with Crippen molar-refractivity contribution in [2.24, 2.45) is 0 Å². The fourth-order valence-corrected chi connectivity index (χ4v) is 2.69. The van der Waals surface area contributed by atoms with Crippen LogP contribution in [0, 0.1) is 0 Å². The highest BCUT2D eigenvalue weighted by atomic mass is 32.1. The van der Waals surface area contributed by atoms with Crippen LogP contribution in [0.15, 0.2) is 48.5 Å². The minimum absolute atomic E-state index is 0.110. The van der Waals surface area contributed by atoms with Crippen LogP contribution in [-0.2, 0) is 14.3 Å². The van der Waals surface area contributed by atoms with Gasteiger partial charge in [-0.1, -0.05) is 12.1 Å². The molecule has 0 atom stereocenters. The van der Waals surface area contributed by atoms with Crippen LogP contribution in [0.25, 0.3) is 0 Å². The van der Waals surface area contributed by atoms with Crippen LogP contribution in [0.1, 0.15) is 34.6 Å². The summed E-state index contributed by atoms with van der Waals surface area (Å²) in [6.07, 6.45) is 0. The molecular weight excluding hydrogens is 462 g/mol. The van der Waals surface area contributed by atoms with E-state index in [4.69, 9.17) is 31.2 Å². The summed E-state index contributed by atoms with van der Waals surface area (Å²) in [7, 11) is 0. The van der Waals surface area contributed by atoms with E-state index in [1.807, 2.05) is 6.92 Å². The molecule has 3 N–H and O–H groups in total. The molecule has 34 heavy (non-hydrogen) atoms. The lowest BCUT2D eigenvalue weighted by Crippen LogP contribution is -2.49. The molecule has 0 aliphatic rings. The summed E-state index contributed by atoms with van der Waals surface area (Å²) in [6.45, 7) is 4.82. The predicted molar refractivity (Wildman–Crippen MR) is 128 cm³/mol. The predicted octanol–water partition coefficient (Wildman–Crippen LogP) is 1.99. The van der Waals surface area contributed by atoms with E-state index in [1.54, 1.807) is 43.3 Å². The van der Waals surface area contributed by atoms with Gasteiger partial charge < -0.3 is 18.9 Å². The molecule has 2 aromatic carbocycles. The van der Waals surface area contributed by atoms with Crippen molar-refractivity contribution in [2.45, 2.75) is 13.8 Å². The zero-order chi connectivity index (χ0) is 24.8. The maximum Gasteiger partial charge on any atom is 0.338 e. The van der Waals surface area contributed by atoms with Gasteiger partial charge in [-0.15, -0.1) is 0 Å². The Hall–Kier alpha value is -3.70. The maximum atomic E-state index is 12.5. The number of hydrogen-bond acceptors (Lipinski definition) is 8. The van der Waals surface area contributed by atoms with Gasteiger partial charge in [-0.25, -0.2) is 4.79 Å². The third kappa shape index (κ3) is 9.04. The van der Waals surface area contributed by atoms with Crippen LogP contribution in [-0.4, -0.2) is 55.9 Å². The second-order valence-corrected chi connectivity index (χ2v) is 6.94. The number of para-hydroxylation sites is 1. The molecule has 0 radical (unpaired) electrons. The molecular formula is C23H27N3O7S. The average molecular weight is 490 g/mol. The van der Waals surface area contributed by atoms with Crippen molar-refractivity contribution < 1.29 is 33.3 Å². The highest BCUT2D eigenvalue weighted by Crippen LogP contribution is 2.17.